The average Bonchev–Trinajstić information content (AvgIpc) is 2.28. The highest BCUT2D eigenvalue weighted by Gasteiger charge is 2.40. The van der Waals surface area contributed by atoms with Crippen molar-refractivity contribution in [1.82, 2.24) is 0 Å². The normalized spacial score (nSPS) is 13.2. The van der Waals surface area contributed by atoms with Crippen LogP contribution in [0.25, 0.3) is 0 Å². The lowest BCUT2D eigenvalue weighted by molar-refractivity contribution is 0.0704. The number of rotatable bonds is 10. The second kappa shape index (κ2) is 9.50. The number of hydrogen-bond donors (Lipinski definition) is 0. The molecule has 100 valence electrons. The second-order valence-electron chi connectivity index (χ2n) is 3.59. The van der Waals surface area contributed by atoms with Crippen LogP contribution in [0.15, 0.2) is 4.99 Å². The summed E-state index contributed by atoms with van der Waals surface area (Å²) in [5.74, 6) is 0. The van der Waals surface area contributed by atoms with Crippen LogP contribution in [0.4, 0.5) is 0 Å². The van der Waals surface area contributed by atoms with Crippen LogP contribution < -0.4 is 0 Å². The Morgan fingerprint density at radius 1 is 1.12 bits per heavy atom. The van der Waals surface area contributed by atoms with Gasteiger partial charge >= 0.3 is 8.80 Å². The van der Waals surface area contributed by atoms with E-state index in [1.165, 1.54) is 0 Å². The van der Waals surface area contributed by atoms with Gasteiger partial charge in [0.2, 0.25) is 6.08 Å². The monoisotopic (exact) mass is 261 g/mol. The zero-order valence-electron chi connectivity index (χ0n) is 11.2. The first-order valence-corrected chi connectivity index (χ1v) is 8.06. The fourth-order valence-electron chi connectivity index (χ4n) is 1.54. The predicted molar refractivity (Wildman–Crippen MR) is 67.6 cm³/mol. The first-order chi connectivity index (χ1) is 8.14. The van der Waals surface area contributed by atoms with Crippen LogP contribution in [0.2, 0.25) is 6.04 Å². The van der Waals surface area contributed by atoms with E-state index in [9.17, 15) is 4.79 Å². The smallest absolute Gasteiger partial charge is 0.374 e. The van der Waals surface area contributed by atoms with Crippen LogP contribution in [0.1, 0.15) is 34.1 Å². The first-order valence-electron chi connectivity index (χ1n) is 6.12. The van der Waals surface area contributed by atoms with Gasteiger partial charge < -0.3 is 13.3 Å². The number of isocyanates is 1. The van der Waals surface area contributed by atoms with Crippen LogP contribution in [0, 0.1) is 0 Å². The lowest BCUT2D eigenvalue weighted by Gasteiger charge is -2.28. The molecule has 0 aromatic rings. The molecule has 0 aliphatic rings. The average molecular weight is 261 g/mol. The number of aliphatic imine (C=N–C) groups is 1. The molecule has 0 heterocycles. The Labute approximate surface area is 105 Å². The topological polar surface area (TPSA) is 57.1 Å². The Bertz CT molecular complexity index is 227. The summed E-state index contributed by atoms with van der Waals surface area (Å²) >= 11 is 0. The van der Waals surface area contributed by atoms with Gasteiger partial charge in [0, 0.05) is 25.9 Å². The van der Waals surface area contributed by atoms with E-state index in [1.54, 1.807) is 6.08 Å². The third-order valence-corrected chi connectivity index (χ3v) is 5.32. The molecule has 0 spiro atoms. The molecule has 0 fully saturated rings. The maximum Gasteiger partial charge on any atom is 0.501 e. The van der Waals surface area contributed by atoms with Gasteiger partial charge in [-0.25, -0.2) is 9.79 Å². The van der Waals surface area contributed by atoms with Gasteiger partial charge in [0.1, 0.15) is 0 Å². The molecule has 5 nitrogen and oxygen atoms in total. The van der Waals surface area contributed by atoms with Crippen molar-refractivity contribution in [2.75, 3.05) is 19.8 Å². The highest BCUT2D eigenvalue weighted by Crippen LogP contribution is 2.20. The second-order valence-corrected chi connectivity index (χ2v) is 6.32. The molecule has 0 bridgehead atoms. The van der Waals surface area contributed by atoms with E-state index in [1.807, 2.05) is 27.7 Å². The fourth-order valence-corrected chi connectivity index (χ4v) is 4.32. The van der Waals surface area contributed by atoms with E-state index < -0.39 is 8.80 Å². The molecule has 0 N–H and O–H groups in total. The Morgan fingerprint density at radius 2 is 1.59 bits per heavy atom. The predicted octanol–water partition coefficient (Wildman–Crippen LogP) is 2.15. The standard InChI is InChI=1S/C11H23NO4Si/c1-5-14-17(15-6-2,16-7-3)9-8-11(4)12-10-13/h11H,5-9H2,1-4H3. The van der Waals surface area contributed by atoms with Crippen molar-refractivity contribution in [3.63, 3.8) is 0 Å². The van der Waals surface area contributed by atoms with Gasteiger partial charge in [-0.1, -0.05) is 0 Å². The van der Waals surface area contributed by atoms with E-state index in [0.717, 1.165) is 0 Å². The third-order valence-electron chi connectivity index (χ3n) is 2.23. The molecule has 1 atom stereocenters. The number of nitrogens with zero attached hydrogens (tertiary/aromatic N) is 1. The van der Waals surface area contributed by atoms with Crippen molar-refractivity contribution in [3.8, 4) is 0 Å². The van der Waals surface area contributed by atoms with Crippen molar-refractivity contribution in [3.05, 3.63) is 0 Å². The Kier molecular flexibility index (Phi) is 9.21. The van der Waals surface area contributed by atoms with Crippen LogP contribution in [0.5, 0.6) is 0 Å². The molecule has 0 saturated heterocycles. The van der Waals surface area contributed by atoms with Crippen LogP contribution in [-0.4, -0.2) is 40.7 Å². The van der Waals surface area contributed by atoms with Crippen molar-refractivity contribution in [2.45, 2.75) is 46.2 Å². The lowest BCUT2D eigenvalue weighted by Crippen LogP contribution is -2.46. The SMILES string of the molecule is CCO[Si](CCC(C)N=C=O)(OCC)OCC. The van der Waals surface area contributed by atoms with Crippen LogP contribution >= 0.6 is 0 Å². The Hall–Kier alpha value is -0.523. The van der Waals surface area contributed by atoms with Gasteiger partial charge in [-0.3, -0.25) is 0 Å². The van der Waals surface area contributed by atoms with Gasteiger partial charge in [-0.2, -0.15) is 0 Å². The highest BCUT2D eigenvalue weighted by atomic mass is 28.4. The maximum atomic E-state index is 10.1. The fraction of sp³-hybridized carbons (Fsp3) is 0.909. The number of hydrogen-bond acceptors (Lipinski definition) is 5. The van der Waals surface area contributed by atoms with Crippen molar-refractivity contribution < 1.29 is 18.1 Å². The largest absolute Gasteiger partial charge is 0.501 e. The third kappa shape index (κ3) is 6.70. The summed E-state index contributed by atoms with van der Waals surface area (Å²) in [6.45, 7) is 9.34. The van der Waals surface area contributed by atoms with Gasteiger partial charge in [0.25, 0.3) is 0 Å². The summed E-state index contributed by atoms with van der Waals surface area (Å²) in [6, 6.07) is 0.607. The zero-order chi connectivity index (χ0) is 13.1. The molecule has 0 aromatic carbocycles. The lowest BCUT2D eigenvalue weighted by atomic mass is 10.3. The van der Waals surface area contributed by atoms with E-state index in [-0.39, 0.29) is 6.04 Å². The summed E-state index contributed by atoms with van der Waals surface area (Å²) in [5, 5.41) is 0. The maximum absolute atomic E-state index is 10.1. The molecule has 1 unspecified atom stereocenters. The molecule has 0 amide bonds. The molecule has 0 aliphatic carbocycles. The summed E-state index contributed by atoms with van der Waals surface area (Å²) in [7, 11) is -2.58. The quantitative estimate of drug-likeness (QED) is 0.343. The summed E-state index contributed by atoms with van der Waals surface area (Å²) in [6.07, 6.45) is 2.28. The molecular weight excluding hydrogens is 238 g/mol. The van der Waals surface area contributed by atoms with Crippen LogP contribution in [-0.2, 0) is 18.1 Å². The molecule has 0 aromatic heterocycles. The zero-order valence-corrected chi connectivity index (χ0v) is 12.2. The first kappa shape index (κ1) is 16.5. The van der Waals surface area contributed by atoms with Gasteiger partial charge in [0.05, 0.1) is 6.04 Å². The van der Waals surface area contributed by atoms with E-state index >= 15 is 0 Å². The summed E-state index contributed by atoms with van der Waals surface area (Å²) < 4.78 is 17.1. The Morgan fingerprint density at radius 3 is 1.94 bits per heavy atom. The molecule has 0 saturated carbocycles. The minimum Gasteiger partial charge on any atom is -0.374 e. The Balaban J connectivity index is 4.47. The van der Waals surface area contributed by atoms with Gasteiger partial charge in [-0.15, -0.1) is 0 Å². The van der Waals surface area contributed by atoms with Crippen molar-refractivity contribution >= 4 is 14.9 Å². The van der Waals surface area contributed by atoms with Crippen LogP contribution in [0.3, 0.4) is 0 Å². The molecule has 0 aliphatic heterocycles. The molecule has 6 heteroatoms. The van der Waals surface area contributed by atoms with Crippen molar-refractivity contribution in [2.24, 2.45) is 4.99 Å². The van der Waals surface area contributed by atoms with Gasteiger partial charge in [0.15, 0.2) is 0 Å². The minimum atomic E-state index is -2.58. The molecular formula is C11H23NO4Si. The van der Waals surface area contributed by atoms with Gasteiger partial charge in [-0.05, 0) is 34.1 Å². The number of carbonyl (C=O) groups excluding carboxylic acids is 1. The molecule has 17 heavy (non-hydrogen) atoms. The van der Waals surface area contributed by atoms with E-state index in [0.29, 0.717) is 32.3 Å². The van der Waals surface area contributed by atoms with Crippen molar-refractivity contribution in [1.29, 1.82) is 0 Å². The highest BCUT2D eigenvalue weighted by molar-refractivity contribution is 6.60. The summed E-state index contributed by atoms with van der Waals surface area (Å²) in [4.78, 5) is 13.8. The minimum absolute atomic E-state index is 0.0688. The van der Waals surface area contributed by atoms with E-state index in [4.69, 9.17) is 13.3 Å². The summed E-state index contributed by atoms with van der Waals surface area (Å²) in [5.41, 5.74) is 0. The van der Waals surface area contributed by atoms with E-state index in [2.05, 4.69) is 4.99 Å². The molecule has 0 rings (SSSR count). The molecule has 0 radical (unpaired) electrons.